The summed E-state index contributed by atoms with van der Waals surface area (Å²) in [6.45, 7) is 1.75. The fourth-order valence-corrected chi connectivity index (χ4v) is 2.47. The smallest absolute Gasteiger partial charge is 0.250 e. The van der Waals surface area contributed by atoms with Gasteiger partial charge in [-0.15, -0.1) is 0 Å². The summed E-state index contributed by atoms with van der Waals surface area (Å²) in [5, 5.41) is 22.5. The van der Waals surface area contributed by atoms with E-state index in [0.29, 0.717) is 0 Å². The average Bonchev–Trinajstić information content (AvgIpc) is 2.74. The molecule has 0 bridgehead atoms. The van der Waals surface area contributed by atoms with Crippen LogP contribution in [0.3, 0.4) is 0 Å². The molecule has 0 aliphatic rings. The number of benzene rings is 2. The lowest BCUT2D eigenvalue weighted by Gasteiger charge is -2.24. The quantitative estimate of drug-likeness (QED) is 0.678. The molecule has 2 N–H and O–H groups in total. The molecule has 3 aromatic rings. The molecular weight excluding hydrogens is 226 g/mol. The number of hydrogen-bond acceptors (Lipinski definition) is 2. The van der Waals surface area contributed by atoms with Crippen LogP contribution in [0.5, 0.6) is 0 Å². The van der Waals surface area contributed by atoms with Crippen LogP contribution in [0.1, 0.15) is 13.3 Å². The summed E-state index contributed by atoms with van der Waals surface area (Å²) in [5.74, 6) is -1.86. The molecule has 18 heavy (non-hydrogen) atoms. The van der Waals surface area contributed by atoms with Crippen molar-refractivity contribution in [2.24, 2.45) is 0 Å². The third kappa shape index (κ3) is 1.45. The lowest BCUT2D eigenvalue weighted by Crippen LogP contribution is -2.31. The van der Waals surface area contributed by atoms with Crippen molar-refractivity contribution in [3.63, 3.8) is 0 Å². The van der Waals surface area contributed by atoms with E-state index in [4.69, 9.17) is 0 Å². The van der Waals surface area contributed by atoms with Gasteiger partial charge < -0.3 is 10.2 Å². The van der Waals surface area contributed by atoms with Crippen molar-refractivity contribution < 1.29 is 10.2 Å². The number of nitrogens with zero attached hydrogens (tertiary/aromatic N) is 1. The Hall–Kier alpha value is -1.84. The van der Waals surface area contributed by atoms with Crippen molar-refractivity contribution in [3.05, 3.63) is 48.5 Å². The summed E-state index contributed by atoms with van der Waals surface area (Å²) < 4.78 is 1.59. The van der Waals surface area contributed by atoms with Crippen LogP contribution in [0.15, 0.2) is 48.5 Å². The van der Waals surface area contributed by atoms with Crippen molar-refractivity contribution in [2.75, 3.05) is 0 Å². The van der Waals surface area contributed by atoms with Crippen molar-refractivity contribution >= 4 is 21.8 Å². The maximum Gasteiger partial charge on any atom is 0.250 e. The minimum absolute atomic E-state index is 0.232. The third-order valence-corrected chi connectivity index (χ3v) is 3.41. The average molecular weight is 241 g/mol. The van der Waals surface area contributed by atoms with Crippen LogP contribution in [0.2, 0.25) is 0 Å². The summed E-state index contributed by atoms with van der Waals surface area (Å²) in [7, 11) is 0. The molecule has 0 radical (unpaired) electrons. The molecule has 0 aliphatic carbocycles. The SMILES string of the molecule is CCC(O)(O)n1c2ccccc2c2ccccc21. The first-order valence-corrected chi connectivity index (χ1v) is 6.08. The maximum absolute atomic E-state index is 10.2. The summed E-state index contributed by atoms with van der Waals surface area (Å²) in [5.41, 5.74) is 1.68. The van der Waals surface area contributed by atoms with E-state index < -0.39 is 5.91 Å². The van der Waals surface area contributed by atoms with Gasteiger partial charge in [-0.05, 0) is 12.1 Å². The summed E-state index contributed by atoms with van der Waals surface area (Å²) in [4.78, 5) is 0. The lowest BCUT2D eigenvalue weighted by molar-refractivity contribution is -0.224. The Bertz CT molecular complexity index is 659. The molecule has 3 rings (SSSR count). The van der Waals surface area contributed by atoms with Gasteiger partial charge in [0.1, 0.15) is 0 Å². The van der Waals surface area contributed by atoms with E-state index in [1.165, 1.54) is 0 Å². The van der Waals surface area contributed by atoms with Gasteiger partial charge >= 0.3 is 0 Å². The molecule has 92 valence electrons. The maximum atomic E-state index is 10.2. The number of para-hydroxylation sites is 2. The summed E-state index contributed by atoms with van der Waals surface area (Å²) in [6.07, 6.45) is 0.232. The molecule has 3 heteroatoms. The van der Waals surface area contributed by atoms with E-state index >= 15 is 0 Å². The van der Waals surface area contributed by atoms with E-state index in [-0.39, 0.29) is 6.42 Å². The molecule has 1 aromatic heterocycles. The molecule has 0 atom stereocenters. The highest BCUT2D eigenvalue weighted by Crippen LogP contribution is 2.33. The van der Waals surface area contributed by atoms with E-state index in [2.05, 4.69) is 0 Å². The second-order valence-electron chi connectivity index (χ2n) is 4.50. The van der Waals surface area contributed by atoms with Crippen LogP contribution < -0.4 is 0 Å². The van der Waals surface area contributed by atoms with Crippen molar-refractivity contribution in [2.45, 2.75) is 19.3 Å². The molecule has 0 amide bonds. The molecule has 0 spiro atoms. The first-order chi connectivity index (χ1) is 8.65. The second kappa shape index (κ2) is 3.83. The summed E-state index contributed by atoms with van der Waals surface area (Å²) >= 11 is 0. The Balaban J connectivity index is 2.53. The van der Waals surface area contributed by atoms with E-state index in [0.717, 1.165) is 21.8 Å². The molecule has 0 aliphatic heterocycles. The van der Waals surface area contributed by atoms with E-state index in [1.54, 1.807) is 11.5 Å². The lowest BCUT2D eigenvalue weighted by atomic mass is 10.2. The zero-order valence-electron chi connectivity index (χ0n) is 10.2. The van der Waals surface area contributed by atoms with Crippen LogP contribution >= 0.6 is 0 Å². The molecule has 0 saturated heterocycles. The van der Waals surface area contributed by atoms with Gasteiger partial charge in [-0.2, -0.15) is 0 Å². The van der Waals surface area contributed by atoms with Crippen molar-refractivity contribution in [1.82, 2.24) is 4.57 Å². The van der Waals surface area contributed by atoms with Gasteiger partial charge in [0.25, 0.3) is 5.91 Å². The number of rotatable bonds is 2. The number of hydrogen-bond donors (Lipinski definition) is 2. The van der Waals surface area contributed by atoms with Gasteiger partial charge in [0.2, 0.25) is 0 Å². The minimum Gasteiger partial charge on any atom is -0.349 e. The highest BCUT2D eigenvalue weighted by atomic mass is 16.5. The molecule has 0 fully saturated rings. The third-order valence-electron chi connectivity index (χ3n) is 3.41. The van der Waals surface area contributed by atoms with Crippen molar-refractivity contribution in [1.29, 1.82) is 0 Å². The topological polar surface area (TPSA) is 45.4 Å². The Morgan fingerprint density at radius 1 is 0.889 bits per heavy atom. The predicted octanol–water partition coefficient (Wildman–Crippen LogP) is 2.80. The molecule has 0 saturated carbocycles. The first-order valence-electron chi connectivity index (χ1n) is 6.08. The van der Waals surface area contributed by atoms with Gasteiger partial charge in [-0.25, -0.2) is 0 Å². The molecular formula is C15H15NO2. The fraction of sp³-hybridized carbons (Fsp3) is 0.200. The highest BCUT2D eigenvalue weighted by Gasteiger charge is 2.27. The zero-order chi connectivity index (χ0) is 12.8. The zero-order valence-corrected chi connectivity index (χ0v) is 10.2. The predicted molar refractivity (Wildman–Crippen MR) is 72.1 cm³/mol. The number of fused-ring (bicyclic) bond motifs is 3. The Labute approximate surface area is 105 Å². The molecule has 1 heterocycles. The van der Waals surface area contributed by atoms with Gasteiger partial charge in [-0.1, -0.05) is 43.3 Å². The van der Waals surface area contributed by atoms with Gasteiger partial charge in [0, 0.05) is 17.2 Å². The van der Waals surface area contributed by atoms with Gasteiger partial charge in [0.15, 0.2) is 0 Å². The molecule has 3 nitrogen and oxygen atoms in total. The summed E-state index contributed by atoms with van der Waals surface area (Å²) in [6, 6.07) is 15.5. The fourth-order valence-electron chi connectivity index (χ4n) is 2.47. The van der Waals surface area contributed by atoms with Crippen LogP contribution in [0.4, 0.5) is 0 Å². The highest BCUT2D eigenvalue weighted by molar-refractivity contribution is 6.08. The number of aliphatic hydroxyl groups is 2. The van der Waals surface area contributed by atoms with Crippen LogP contribution in [0, 0.1) is 0 Å². The monoisotopic (exact) mass is 241 g/mol. The normalized spacial score (nSPS) is 12.4. The number of aromatic nitrogens is 1. The first kappa shape index (κ1) is 11.3. The van der Waals surface area contributed by atoms with Gasteiger partial charge in [0.05, 0.1) is 11.0 Å². The Morgan fingerprint density at radius 2 is 1.33 bits per heavy atom. The molecule has 0 unspecified atom stereocenters. The van der Waals surface area contributed by atoms with E-state index in [9.17, 15) is 10.2 Å². The van der Waals surface area contributed by atoms with Crippen LogP contribution in [-0.4, -0.2) is 14.8 Å². The standard InChI is InChI=1S/C15H15NO2/c1-2-15(17,18)16-13-9-5-3-7-11(13)12-8-4-6-10-14(12)16/h3-10,17-18H,2H2,1H3. The van der Waals surface area contributed by atoms with Crippen molar-refractivity contribution in [3.8, 4) is 0 Å². The van der Waals surface area contributed by atoms with Gasteiger partial charge in [-0.3, -0.25) is 4.57 Å². The minimum atomic E-state index is -1.86. The second-order valence-corrected chi connectivity index (χ2v) is 4.50. The van der Waals surface area contributed by atoms with Crippen LogP contribution in [-0.2, 0) is 5.91 Å². The largest absolute Gasteiger partial charge is 0.349 e. The molecule has 2 aromatic carbocycles. The Kier molecular flexibility index (Phi) is 2.40. The Morgan fingerprint density at radius 3 is 1.78 bits per heavy atom. The van der Waals surface area contributed by atoms with Crippen LogP contribution in [0.25, 0.3) is 21.8 Å². The van der Waals surface area contributed by atoms with E-state index in [1.807, 2.05) is 48.5 Å².